The van der Waals surface area contributed by atoms with Crippen molar-refractivity contribution in [3.8, 4) is 6.07 Å². The smallest absolute Gasteiger partial charge is 0.239 e. The topological polar surface area (TPSA) is 78.1 Å². The zero-order valence-corrected chi connectivity index (χ0v) is 17.1. The highest BCUT2D eigenvalue weighted by Crippen LogP contribution is 2.35. The Balaban J connectivity index is 1.52. The van der Waals surface area contributed by atoms with Crippen LogP contribution in [0.3, 0.4) is 0 Å². The molecule has 0 spiro atoms. The third kappa shape index (κ3) is 4.39. The van der Waals surface area contributed by atoms with Crippen LogP contribution in [0.5, 0.6) is 0 Å². The molecule has 0 bridgehead atoms. The number of carbonyl (C=O) groups excluding carboxylic acids is 1. The summed E-state index contributed by atoms with van der Waals surface area (Å²) in [5.41, 5.74) is -0.694. The zero-order chi connectivity index (χ0) is 20.6. The van der Waals surface area contributed by atoms with E-state index < -0.39 is 17.2 Å². The first-order chi connectivity index (χ1) is 13.8. The normalized spacial score (nSPS) is 16.5. The van der Waals surface area contributed by atoms with Crippen molar-refractivity contribution in [1.82, 2.24) is 10.0 Å². The zero-order valence-electron chi connectivity index (χ0n) is 16.3. The molecule has 1 amide bonds. The summed E-state index contributed by atoms with van der Waals surface area (Å²) in [7, 11) is 0. The lowest BCUT2D eigenvalue weighted by atomic mass is 10.0. The number of furan rings is 1. The highest BCUT2D eigenvalue weighted by Gasteiger charge is 2.46. The summed E-state index contributed by atoms with van der Waals surface area (Å²) in [4.78, 5) is 13.6. The third-order valence-electron chi connectivity index (χ3n) is 5.00. The van der Waals surface area contributed by atoms with E-state index in [0.29, 0.717) is 12.8 Å². The second kappa shape index (κ2) is 7.36. The monoisotopic (exact) mass is 411 g/mol. The Kier molecular flexibility index (Phi) is 5.01. The highest BCUT2D eigenvalue weighted by atomic mass is 32.2. The molecule has 2 aromatic carbocycles. The van der Waals surface area contributed by atoms with Crippen LogP contribution in [-0.2, 0) is 4.79 Å². The van der Waals surface area contributed by atoms with Gasteiger partial charge in [0.15, 0.2) is 0 Å². The Morgan fingerprint density at radius 1 is 1.28 bits per heavy atom. The fourth-order valence-corrected chi connectivity index (χ4v) is 4.08. The van der Waals surface area contributed by atoms with Crippen LogP contribution in [0.2, 0.25) is 0 Å². The van der Waals surface area contributed by atoms with Crippen LogP contribution in [0.25, 0.3) is 21.9 Å². The Morgan fingerprint density at radius 3 is 2.69 bits per heavy atom. The lowest BCUT2D eigenvalue weighted by Gasteiger charge is -2.24. The summed E-state index contributed by atoms with van der Waals surface area (Å²) in [5, 5.41) is 14.0. The Bertz CT molecular complexity index is 1110. The van der Waals surface area contributed by atoms with Gasteiger partial charge in [0.1, 0.15) is 22.4 Å². The van der Waals surface area contributed by atoms with Gasteiger partial charge in [-0.15, -0.1) is 0 Å². The molecule has 5 nitrogen and oxygen atoms in total. The standard InChI is InChI=1S/C22H22FN3O2S/c1-21(2,23)12-17(20(27)25-22(13-24)9-10-22)26-29-14-7-8-19-16(11-14)15-5-3-4-6-18(15)28-19/h3-8,11,17,26H,9-10,12H2,1-2H3,(H,25,27). The van der Waals surface area contributed by atoms with Crippen molar-refractivity contribution in [1.29, 1.82) is 5.26 Å². The molecule has 2 N–H and O–H groups in total. The van der Waals surface area contributed by atoms with Gasteiger partial charge in [0, 0.05) is 22.1 Å². The Hall–Kier alpha value is -2.56. The fraction of sp³-hybridized carbons (Fsp3) is 0.364. The minimum absolute atomic E-state index is 0.00419. The number of hydrogen-bond acceptors (Lipinski definition) is 5. The predicted octanol–water partition coefficient (Wildman–Crippen LogP) is 4.86. The summed E-state index contributed by atoms with van der Waals surface area (Å²) in [5.74, 6) is -0.350. The van der Waals surface area contributed by atoms with Gasteiger partial charge in [0.05, 0.1) is 12.1 Å². The molecule has 0 radical (unpaired) electrons. The summed E-state index contributed by atoms with van der Waals surface area (Å²) in [6, 6.07) is 15.0. The van der Waals surface area contributed by atoms with Crippen molar-refractivity contribution in [2.45, 2.75) is 55.3 Å². The first kappa shape index (κ1) is 19.7. The second-order valence-electron chi connectivity index (χ2n) is 8.13. The van der Waals surface area contributed by atoms with Gasteiger partial charge in [-0.1, -0.05) is 18.2 Å². The molecule has 1 saturated carbocycles. The third-order valence-corrected chi connectivity index (χ3v) is 5.89. The minimum Gasteiger partial charge on any atom is -0.456 e. The molecule has 7 heteroatoms. The first-order valence-corrected chi connectivity index (χ1v) is 10.4. The number of alkyl halides is 1. The summed E-state index contributed by atoms with van der Waals surface area (Å²) in [6.45, 7) is 2.89. The average Bonchev–Trinajstić information content (AvgIpc) is 3.36. The van der Waals surface area contributed by atoms with Crippen molar-refractivity contribution >= 4 is 39.8 Å². The largest absolute Gasteiger partial charge is 0.456 e. The van der Waals surface area contributed by atoms with E-state index in [9.17, 15) is 14.4 Å². The van der Waals surface area contributed by atoms with Gasteiger partial charge in [0.2, 0.25) is 5.91 Å². The van der Waals surface area contributed by atoms with Crippen LogP contribution in [-0.4, -0.2) is 23.2 Å². The molecule has 1 unspecified atom stereocenters. The van der Waals surface area contributed by atoms with Gasteiger partial charge in [-0.2, -0.15) is 5.26 Å². The van der Waals surface area contributed by atoms with Gasteiger partial charge in [0.25, 0.3) is 0 Å². The van der Waals surface area contributed by atoms with E-state index in [-0.39, 0.29) is 12.3 Å². The maximum Gasteiger partial charge on any atom is 0.239 e. The van der Waals surface area contributed by atoms with Crippen molar-refractivity contribution in [2.24, 2.45) is 0 Å². The molecule has 0 aliphatic heterocycles. The average molecular weight is 412 g/mol. The van der Waals surface area contributed by atoms with Crippen molar-refractivity contribution < 1.29 is 13.6 Å². The van der Waals surface area contributed by atoms with Crippen LogP contribution in [0.15, 0.2) is 51.8 Å². The molecule has 4 rings (SSSR count). The van der Waals surface area contributed by atoms with Gasteiger partial charge in [-0.05, 0) is 62.9 Å². The van der Waals surface area contributed by atoms with Crippen LogP contribution >= 0.6 is 11.9 Å². The second-order valence-corrected chi connectivity index (χ2v) is 9.05. The van der Waals surface area contributed by atoms with Crippen molar-refractivity contribution in [2.75, 3.05) is 0 Å². The molecular formula is C22H22FN3O2S. The number of rotatable bonds is 7. The number of nitrogens with zero attached hydrogens (tertiary/aromatic N) is 1. The first-order valence-electron chi connectivity index (χ1n) is 9.54. The quantitative estimate of drug-likeness (QED) is 0.543. The van der Waals surface area contributed by atoms with E-state index in [1.807, 2.05) is 42.5 Å². The molecule has 1 fully saturated rings. The van der Waals surface area contributed by atoms with Crippen LogP contribution in [0, 0.1) is 11.3 Å². The minimum atomic E-state index is -1.52. The molecule has 0 saturated heterocycles. The molecule has 1 aliphatic carbocycles. The lowest BCUT2D eigenvalue weighted by molar-refractivity contribution is -0.124. The molecular weight excluding hydrogens is 389 g/mol. The van der Waals surface area contributed by atoms with Gasteiger partial charge < -0.3 is 9.73 Å². The molecule has 150 valence electrons. The number of hydrogen-bond donors (Lipinski definition) is 2. The number of amides is 1. The number of nitrogens with one attached hydrogen (secondary N) is 2. The predicted molar refractivity (Wildman–Crippen MR) is 112 cm³/mol. The van der Waals surface area contributed by atoms with E-state index in [2.05, 4.69) is 16.1 Å². The lowest BCUT2D eigenvalue weighted by Crippen LogP contribution is -2.48. The number of para-hydroxylation sites is 1. The molecule has 1 atom stereocenters. The van der Waals surface area contributed by atoms with Crippen molar-refractivity contribution in [3.63, 3.8) is 0 Å². The van der Waals surface area contributed by atoms with E-state index in [0.717, 1.165) is 26.8 Å². The van der Waals surface area contributed by atoms with E-state index in [4.69, 9.17) is 4.42 Å². The van der Waals surface area contributed by atoms with Crippen LogP contribution in [0.1, 0.15) is 33.1 Å². The van der Waals surface area contributed by atoms with E-state index in [1.54, 1.807) is 0 Å². The Labute approximate surface area is 172 Å². The summed E-state index contributed by atoms with van der Waals surface area (Å²) in [6.07, 6.45) is 1.28. The summed E-state index contributed by atoms with van der Waals surface area (Å²) < 4.78 is 23.2. The molecule has 3 aromatic rings. The summed E-state index contributed by atoms with van der Waals surface area (Å²) >= 11 is 1.28. The highest BCUT2D eigenvalue weighted by molar-refractivity contribution is 7.97. The molecule has 1 heterocycles. The van der Waals surface area contributed by atoms with Gasteiger partial charge >= 0.3 is 0 Å². The van der Waals surface area contributed by atoms with E-state index in [1.165, 1.54) is 25.8 Å². The fourth-order valence-electron chi connectivity index (χ4n) is 3.29. The number of nitriles is 1. The van der Waals surface area contributed by atoms with Crippen LogP contribution < -0.4 is 10.0 Å². The van der Waals surface area contributed by atoms with Crippen molar-refractivity contribution in [3.05, 3.63) is 42.5 Å². The van der Waals surface area contributed by atoms with Crippen LogP contribution in [0.4, 0.5) is 4.39 Å². The number of benzene rings is 2. The Morgan fingerprint density at radius 2 is 2.00 bits per heavy atom. The maximum absolute atomic E-state index is 14.3. The van der Waals surface area contributed by atoms with Gasteiger partial charge in [-0.3, -0.25) is 4.79 Å². The number of halogens is 1. The molecule has 1 aromatic heterocycles. The SMILES string of the molecule is CC(C)(F)CC(NSc1ccc2oc3ccccc3c2c1)C(=O)NC1(C#N)CC1. The van der Waals surface area contributed by atoms with Gasteiger partial charge in [-0.25, -0.2) is 9.11 Å². The number of fused-ring (bicyclic) bond motifs is 3. The maximum atomic E-state index is 14.3. The number of carbonyl (C=O) groups is 1. The molecule has 1 aliphatic rings. The van der Waals surface area contributed by atoms with E-state index >= 15 is 0 Å². The molecule has 29 heavy (non-hydrogen) atoms.